The summed E-state index contributed by atoms with van der Waals surface area (Å²) in [6.07, 6.45) is 1.84. The lowest BCUT2D eigenvalue weighted by Gasteiger charge is -2.08. The zero-order valence-corrected chi connectivity index (χ0v) is 16.2. The Labute approximate surface area is 164 Å². The smallest absolute Gasteiger partial charge is 0.259 e. The van der Waals surface area contributed by atoms with Gasteiger partial charge in [0.2, 0.25) is 5.78 Å². The second-order valence-electron chi connectivity index (χ2n) is 5.34. The molecule has 0 atom stereocenters. The summed E-state index contributed by atoms with van der Waals surface area (Å²) in [5.41, 5.74) is 7.72. The fourth-order valence-corrected chi connectivity index (χ4v) is 4.50. The van der Waals surface area contributed by atoms with E-state index in [2.05, 4.69) is 5.32 Å². The van der Waals surface area contributed by atoms with E-state index in [1.54, 1.807) is 48.5 Å². The SMILES string of the molecule is CSc1sc(C(=O)c2ccccc2)c(N)c1C(=O)Nc1ccccc1Cl. The molecule has 0 aliphatic carbocycles. The van der Waals surface area contributed by atoms with Crippen molar-refractivity contribution in [2.24, 2.45) is 0 Å². The number of benzene rings is 2. The molecule has 0 spiro atoms. The second-order valence-corrected chi connectivity index (χ2v) is 7.84. The highest BCUT2D eigenvalue weighted by Crippen LogP contribution is 2.39. The van der Waals surface area contributed by atoms with Crippen molar-refractivity contribution in [3.05, 3.63) is 75.6 Å². The topological polar surface area (TPSA) is 72.2 Å². The number of ketones is 1. The van der Waals surface area contributed by atoms with Crippen molar-refractivity contribution in [1.82, 2.24) is 0 Å². The lowest BCUT2D eigenvalue weighted by atomic mass is 10.1. The molecular weight excluding hydrogens is 388 g/mol. The average molecular weight is 403 g/mol. The number of thioether (sulfide) groups is 1. The number of hydrogen-bond donors (Lipinski definition) is 2. The Bertz CT molecular complexity index is 971. The molecule has 1 heterocycles. The van der Waals surface area contributed by atoms with Crippen molar-refractivity contribution in [3.63, 3.8) is 0 Å². The number of nitrogens with one attached hydrogen (secondary N) is 1. The van der Waals surface area contributed by atoms with Crippen LogP contribution in [0.25, 0.3) is 0 Å². The van der Waals surface area contributed by atoms with Crippen LogP contribution in [-0.4, -0.2) is 17.9 Å². The largest absolute Gasteiger partial charge is 0.397 e. The van der Waals surface area contributed by atoms with Crippen LogP contribution in [0.2, 0.25) is 5.02 Å². The molecule has 1 aromatic heterocycles. The molecule has 0 unspecified atom stereocenters. The summed E-state index contributed by atoms with van der Waals surface area (Å²) in [5, 5.41) is 3.20. The Hall–Kier alpha value is -2.28. The van der Waals surface area contributed by atoms with Crippen LogP contribution in [0, 0.1) is 0 Å². The fourth-order valence-electron chi connectivity index (χ4n) is 2.42. The first kappa shape index (κ1) is 18.5. The molecule has 2 aromatic carbocycles. The van der Waals surface area contributed by atoms with Gasteiger partial charge in [-0.05, 0) is 18.4 Å². The maximum absolute atomic E-state index is 12.8. The van der Waals surface area contributed by atoms with E-state index in [1.807, 2.05) is 12.3 Å². The number of carbonyl (C=O) groups excluding carboxylic acids is 2. The standard InChI is InChI=1S/C19H15ClN2O2S2/c1-25-19-14(18(24)22-13-10-6-5-9-12(13)20)15(21)17(26-19)16(23)11-7-3-2-4-8-11/h2-10H,21H2,1H3,(H,22,24). The number of para-hydroxylation sites is 1. The van der Waals surface area contributed by atoms with E-state index >= 15 is 0 Å². The van der Waals surface area contributed by atoms with Crippen molar-refractivity contribution in [3.8, 4) is 0 Å². The predicted molar refractivity (Wildman–Crippen MR) is 110 cm³/mol. The molecule has 0 radical (unpaired) electrons. The van der Waals surface area contributed by atoms with Gasteiger partial charge < -0.3 is 11.1 Å². The zero-order chi connectivity index (χ0) is 18.7. The van der Waals surface area contributed by atoms with Gasteiger partial charge in [-0.25, -0.2) is 0 Å². The third-order valence-electron chi connectivity index (χ3n) is 3.69. The van der Waals surface area contributed by atoms with Crippen molar-refractivity contribution < 1.29 is 9.59 Å². The third-order valence-corrected chi connectivity index (χ3v) is 6.34. The number of nitrogens with two attached hydrogens (primary N) is 1. The molecule has 3 aromatic rings. The van der Waals surface area contributed by atoms with Crippen LogP contribution < -0.4 is 11.1 Å². The molecule has 3 N–H and O–H groups in total. The molecule has 0 saturated carbocycles. The molecule has 0 saturated heterocycles. The molecule has 3 rings (SSSR count). The van der Waals surface area contributed by atoms with E-state index in [0.29, 0.717) is 30.9 Å². The van der Waals surface area contributed by atoms with Crippen molar-refractivity contribution in [2.45, 2.75) is 4.21 Å². The molecular formula is C19H15ClN2O2S2. The van der Waals surface area contributed by atoms with Gasteiger partial charge in [-0.3, -0.25) is 9.59 Å². The number of nitrogen functional groups attached to an aromatic ring is 1. The first-order chi connectivity index (χ1) is 12.5. The van der Waals surface area contributed by atoms with Crippen LogP contribution in [0.5, 0.6) is 0 Å². The van der Waals surface area contributed by atoms with Gasteiger partial charge in [0.1, 0.15) is 0 Å². The van der Waals surface area contributed by atoms with E-state index in [4.69, 9.17) is 17.3 Å². The monoisotopic (exact) mass is 402 g/mol. The Kier molecular flexibility index (Phi) is 5.66. The van der Waals surface area contributed by atoms with Crippen LogP contribution in [0.4, 0.5) is 11.4 Å². The van der Waals surface area contributed by atoms with Crippen molar-refractivity contribution in [2.75, 3.05) is 17.3 Å². The fraction of sp³-hybridized carbons (Fsp3) is 0.0526. The highest BCUT2D eigenvalue weighted by atomic mass is 35.5. The lowest BCUT2D eigenvalue weighted by Crippen LogP contribution is -2.14. The lowest BCUT2D eigenvalue weighted by molar-refractivity contribution is 0.102. The van der Waals surface area contributed by atoms with Gasteiger partial charge in [0.15, 0.2) is 0 Å². The van der Waals surface area contributed by atoms with Gasteiger partial charge in [0, 0.05) is 5.56 Å². The van der Waals surface area contributed by atoms with Crippen molar-refractivity contribution in [1.29, 1.82) is 0 Å². The minimum absolute atomic E-state index is 0.192. The molecule has 0 aliphatic rings. The van der Waals surface area contributed by atoms with Gasteiger partial charge in [0.05, 0.1) is 31.0 Å². The summed E-state index contributed by atoms with van der Waals surface area (Å²) in [5.74, 6) is -0.580. The summed E-state index contributed by atoms with van der Waals surface area (Å²) in [7, 11) is 0. The van der Waals surface area contributed by atoms with E-state index < -0.39 is 0 Å². The first-order valence-corrected chi connectivity index (χ1v) is 10.1. The van der Waals surface area contributed by atoms with Gasteiger partial charge in [-0.1, -0.05) is 54.1 Å². The summed E-state index contributed by atoms with van der Waals surface area (Å²) < 4.78 is 0.686. The molecule has 132 valence electrons. The van der Waals surface area contributed by atoms with E-state index in [1.165, 1.54) is 23.1 Å². The Balaban J connectivity index is 1.97. The van der Waals surface area contributed by atoms with Gasteiger partial charge in [-0.2, -0.15) is 0 Å². The van der Waals surface area contributed by atoms with E-state index in [0.717, 1.165) is 0 Å². The molecule has 0 fully saturated rings. The minimum Gasteiger partial charge on any atom is -0.397 e. The van der Waals surface area contributed by atoms with Crippen LogP contribution in [0.3, 0.4) is 0 Å². The number of rotatable bonds is 5. The number of halogens is 1. The maximum atomic E-state index is 12.8. The summed E-state index contributed by atoms with van der Waals surface area (Å²) in [4.78, 5) is 25.9. The quantitative estimate of drug-likeness (QED) is 0.455. The molecule has 7 heteroatoms. The third kappa shape index (κ3) is 3.62. The first-order valence-electron chi connectivity index (χ1n) is 7.64. The molecule has 0 bridgehead atoms. The number of carbonyl (C=O) groups is 2. The van der Waals surface area contributed by atoms with Crippen LogP contribution in [-0.2, 0) is 0 Å². The van der Waals surface area contributed by atoms with E-state index in [9.17, 15) is 9.59 Å². The number of amides is 1. The van der Waals surface area contributed by atoms with Crippen molar-refractivity contribution >= 4 is 57.8 Å². The number of thiophene rings is 1. The number of hydrogen-bond acceptors (Lipinski definition) is 5. The predicted octanol–water partition coefficient (Wildman–Crippen LogP) is 5.19. The molecule has 0 aliphatic heterocycles. The van der Waals surface area contributed by atoms with Crippen LogP contribution in [0.15, 0.2) is 58.8 Å². The second kappa shape index (κ2) is 7.95. The maximum Gasteiger partial charge on any atom is 0.259 e. The van der Waals surface area contributed by atoms with Gasteiger partial charge in [0.25, 0.3) is 5.91 Å². The zero-order valence-electron chi connectivity index (χ0n) is 13.8. The van der Waals surface area contributed by atoms with Gasteiger partial charge >= 0.3 is 0 Å². The highest BCUT2D eigenvalue weighted by molar-refractivity contribution is 8.00. The van der Waals surface area contributed by atoms with Crippen LogP contribution in [0.1, 0.15) is 25.6 Å². The Morgan fingerprint density at radius 2 is 1.73 bits per heavy atom. The van der Waals surface area contributed by atoms with Crippen LogP contribution >= 0.6 is 34.7 Å². The molecule has 26 heavy (non-hydrogen) atoms. The normalized spacial score (nSPS) is 10.5. The molecule has 1 amide bonds. The summed E-state index contributed by atoms with van der Waals surface area (Å²) >= 11 is 8.71. The Morgan fingerprint density at radius 3 is 2.38 bits per heavy atom. The minimum atomic E-state index is -0.386. The summed E-state index contributed by atoms with van der Waals surface area (Å²) in [6.45, 7) is 0. The highest BCUT2D eigenvalue weighted by Gasteiger charge is 2.26. The molecule has 4 nitrogen and oxygen atoms in total. The summed E-state index contributed by atoms with van der Waals surface area (Å²) in [6, 6.07) is 15.8. The Morgan fingerprint density at radius 1 is 1.08 bits per heavy atom. The van der Waals surface area contributed by atoms with Gasteiger partial charge in [-0.15, -0.1) is 23.1 Å². The number of anilines is 2. The van der Waals surface area contributed by atoms with E-state index in [-0.39, 0.29) is 17.4 Å². The average Bonchev–Trinajstić information content (AvgIpc) is 3.00.